The number of nitrogens with one attached hydrogen (secondary N) is 1. The number of allylic oxidation sites excluding steroid dienone is 1. The van der Waals surface area contributed by atoms with Crippen molar-refractivity contribution in [3.05, 3.63) is 71.8 Å². The largest absolute Gasteiger partial charge is 0.461 e. The number of hydrogen-bond donors (Lipinski definition) is 1. The minimum absolute atomic E-state index is 0.155. The fourth-order valence-corrected chi connectivity index (χ4v) is 2.23. The number of ketones is 1. The molecule has 126 valence electrons. The van der Waals surface area contributed by atoms with Crippen LogP contribution in [0.15, 0.2) is 55.0 Å². The first-order valence-electron chi connectivity index (χ1n) is 7.72. The van der Waals surface area contributed by atoms with Crippen LogP contribution < -0.4 is 0 Å². The lowest BCUT2D eigenvalue weighted by molar-refractivity contribution is 0.0518. The molecule has 0 bridgehead atoms. The van der Waals surface area contributed by atoms with Crippen molar-refractivity contribution in [2.75, 3.05) is 6.61 Å². The van der Waals surface area contributed by atoms with Gasteiger partial charge < -0.3 is 4.74 Å². The van der Waals surface area contributed by atoms with E-state index < -0.39 is 5.97 Å². The molecule has 0 saturated heterocycles. The van der Waals surface area contributed by atoms with Gasteiger partial charge in [0.2, 0.25) is 0 Å². The van der Waals surface area contributed by atoms with Gasteiger partial charge in [-0.1, -0.05) is 18.2 Å². The molecule has 2 heterocycles. The third-order valence-electron chi connectivity index (χ3n) is 3.43. The van der Waals surface area contributed by atoms with Crippen LogP contribution in [0.4, 0.5) is 0 Å². The SMILES string of the molecule is CCOC(=O)c1nn(-c2ccccc2)cc1/C=C/C(=O)c1cn[nH]c1. The molecule has 2 aromatic heterocycles. The standard InChI is InChI=1S/C18H16N4O3/c1-2-25-18(24)17-13(8-9-16(23)14-10-19-20-11-14)12-22(21-17)15-6-4-3-5-7-15/h3-12H,2H2,1H3,(H,19,20)/b9-8+. The van der Waals surface area contributed by atoms with Crippen LogP contribution in [0.25, 0.3) is 11.8 Å². The van der Waals surface area contributed by atoms with E-state index in [1.54, 1.807) is 23.9 Å². The summed E-state index contributed by atoms with van der Waals surface area (Å²) in [6.45, 7) is 1.97. The van der Waals surface area contributed by atoms with E-state index in [1.165, 1.54) is 18.5 Å². The Balaban J connectivity index is 1.94. The average molecular weight is 336 g/mol. The van der Waals surface area contributed by atoms with Crippen molar-refractivity contribution >= 4 is 17.8 Å². The van der Waals surface area contributed by atoms with Gasteiger partial charge in [0.25, 0.3) is 0 Å². The zero-order chi connectivity index (χ0) is 17.6. The molecule has 7 heteroatoms. The minimum Gasteiger partial charge on any atom is -0.461 e. The molecule has 1 N–H and O–H groups in total. The fourth-order valence-electron chi connectivity index (χ4n) is 2.23. The first-order chi connectivity index (χ1) is 12.2. The summed E-state index contributed by atoms with van der Waals surface area (Å²) < 4.78 is 6.63. The number of aromatic nitrogens is 4. The predicted molar refractivity (Wildman–Crippen MR) is 91.5 cm³/mol. The Bertz CT molecular complexity index is 896. The van der Waals surface area contributed by atoms with E-state index in [-0.39, 0.29) is 18.1 Å². The average Bonchev–Trinajstić information content (AvgIpc) is 3.30. The van der Waals surface area contributed by atoms with Crippen LogP contribution in [0.2, 0.25) is 0 Å². The van der Waals surface area contributed by atoms with E-state index in [2.05, 4.69) is 15.3 Å². The number of H-pyrrole nitrogens is 1. The van der Waals surface area contributed by atoms with Crippen molar-refractivity contribution in [1.29, 1.82) is 0 Å². The molecule has 0 fully saturated rings. The van der Waals surface area contributed by atoms with E-state index in [4.69, 9.17) is 4.74 Å². The molecule has 3 rings (SSSR count). The van der Waals surface area contributed by atoms with Gasteiger partial charge in [0, 0.05) is 18.0 Å². The predicted octanol–water partition coefficient (Wildman–Crippen LogP) is 2.67. The molecule has 0 aliphatic rings. The van der Waals surface area contributed by atoms with Gasteiger partial charge in [0.15, 0.2) is 11.5 Å². The lowest BCUT2D eigenvalue weighted by Crippen LogP contribution is -2.08. The van der Waals surface area contributed by atoms with Crippen molar-refractivity contribution in [1.82, 2.24) is 20.0 Å². The fraction of sp³-hybridized carbons (Fsp3) is 0.111. The van der Waals surface area contributed by atoms with Crippen molar-refractivity contribution in [3.63, 3.8) is 0 Å². The molecule has 25 heavy (non-hydrogen) atoms. The number of hydrogen-bond acceptors (Lipinski definition) is 5. The Hall–Kier alpha value is -3.48. The number of benzene rings is 1. The molecule has 3 aromatic rings. The number of para-hydroxylation sites is 1. The van der Waals surface area contributed by atoms with E-state index in [0.717, 1.165) is 5.69 Å². The van der Waals surface area contributed by atoms with Crippen LogP contribution in [-0.2, 0) is 4.74 Å². The number of aromatic amines is 1. The van der Waals surface area contributed by atoms with Gasteiger partial charge in [0.1, 0.15) is 0 Å². The number of esters is 1. The number of carbonyl (C=O) groups excluding carboxylic acids is 2. The van der Waals surface area contributed by atoms with E-state index in [1.807, 2.05) is 30.3 Å². The third kappa shape index (κ3) is 3.72. The second kappa shape index (κ2) is 7.39. The summed E-state index contributed by atoms with van der Waals surface area (Å²) in [5.74, 6) is -0.761. The van der Waals surface area contributed by atoms with Crippen LogP contribution in [0.3, 0.4) is 0 Å². The molecule has 1 aromatic carbocycles. The molecule has 7 nitrogen and oxygen atoms in total. The van der Waals surface area contributed by atoms with Gasteiger partial charge in [-0.05, 0) is 31.2 Å². The normalized spacial score (nSPS) is 10.9. The van der Waals surface area contributed by atoms with Gasteiger partial charge >= 0.3 is 5.97 Å². The molecular weight excluding hydrogens is 320 g/mol. The van der Waals surface area contributed by atoms with Gasteiger partial charge in [-0.3, -0.25) is 9.89 Å². The third-order valence-corrected chi connectivity index (χ3v) is 3.43. The van der Waals surface area contributed by atoms with Crippen LogP contribution in [0.1, 0.15) is 33.3 Å². The second-order valence-corrected chi connectivity index (χ2v) is 5.12. The Morgan fingerprint density at radius 3 is 2.76 bits per heavy atom. The van der Waals surface area contributed by atoms with Gasteiger partial charge in [0.05, 0.1) is 24.1 Å². The highest BCUT2D eigenvalue weighted by Crippen LogP contribution is 2.16. The minimum atomic E-state index is -0.535. The maximum atomic E-state index is 12.2. The van der Waals surface area contributed by atoms with Crippen molar-refractivity contribution < 1.29 is 14.3 Å². The highest BCUT2D eigenvalue weighted by Gasteiger charge is 2.17. The van der Waals surface area contributed by atoms with Crippen molar-refractivity contribution in [2.45, 2.75) is 6.92 Å². The van der Waals surface area contributed by atoms with Crippen LogP contribution in [0, 0.1) is 0 Å². The zero-order valence-corrected chi connectivity index (χ0v) is 13.5. The quantitative estimate of drug-likeness (QED) is 0.425. The Morgan fingerprint density at radius 2 is 2.08 bits per heavy atom. The first-order valence-corrected chi connectivity index (χ1v) is 7.72. The summed E-state index contributed by atoms with van der Waals surface area (Å²) >= 11 is 0. The van der Waals surface area contributed by atoms with Gasteiger partial charge in [-0.15, -0.1) is 0 Å². The number of rotatable bonds is 6. The Morgan fingerprint density at radius 1 is 1.28 bits per heavy atom. The van der Waals surface area contributed by atoms with Gasteiger partial charge in [-0.25, -0.2) is 9.48 Å². The maximum Gasteiger partial charge on any atom is 0.359 e. The smallest absolute Gasteiger partial charge is 0.359 e. The highest BCUT2D eigenvalue weighted by molar-refractivity contribution is 6.07. The molecular formula is C18H16N4O3. The first kappa shape index (κ1) is 16.4. The van der Waals surface area contributed by atoms with Crippen LogP contribution in [0.5, 0.6) is 0 Å². The molecule has 0 unspecified atom stereocenters. The molecule has 0 radical (unpaired) electrons. The maximum absolute atomic E-state index is 12.2. The number of ether oxygens (including phenoxy) is 1. The van der Waals surface area contributed by atoms with Crippen molar-refractivity contribution in [2.24, 2.45) is 0 Å². The van der Waals surface area contributed by atoms with Crippen LogP contribution >= 0.6 is 0 Å². The van der Waals surface area contributed by atoms with Crippen LogP contribution in [-0.4, -0.2) is 38.3 Å². The second-order valence-electron chi connectivity index (χ2n) is 5.12. The van der Waals surface area contributed by atoms with Gasteiger partial charge in [-0.2, -0.15) is 10.2 Å². The summed E-state index contributed by atoms with van der Waals surface area (Å²) in [6, 6.07) is 9.37. The monoisotopic (exact) mass is 336 g/mol. The summed E-state index contributed by atoms with van der Waals surface area (Å²) in [7, 11) is 0. The molecule has 0 saturated carbocycles. The number of carbonyl (C=O) groups is 2. The summed E-state index contributed by atoms with van der Waals surface area (Å²) in [5.41, 5.74) is 1.89. The lowest BCUT2D eigenvalue weighted by Gasteiger charge is -2.00. The summed E-state index contributed by atoms with van der Waals surface area (Å²) in [5, 5.41) is 10.6. The lowest BCUT2D eigenvalue weighted by atomic mass is 10.1. The highest BCUT2D eigenvalue weighted by atomic mass is 16.5. The molecule has 0 amide bonds. The van der Waals surface area contributed by atoms with E-state index in [9.17, 15) is 9.59 Å². The van der Waals surface area contributed by atoms with Crippen molar-refractivity contribution in [3.8, 4) is 5.69 Å². The zero-order valence-electron chi connectivity index (χ0n) is 13.5. The van der Waals surface area contributed by atoms with E-state index in [0.29, 0.717) is 11.1 Å². The summed E-state index contributed by atoms with van der Waals surface area (Å²) in [4.78, 5) is 24.2. The molecule has 0 aliphatic carbocycles. The molecule has 0 atom stereocenters. The Kier molecular flexibility index (Phi) is 4.84. The topological polar surface area (TPSA) is 89.9 Å². The number of nitrogens with zero attached hydrogens (tertiary/aromatic N) is 3. The summed E-state index contributed by atoms with van der Waals surface area (Å²) in [6.07, 6.45) is 7.55. The molecule has 0 aliphatic heterocycles. The Labute approximate surface area is 143 Å². The molecule has 0 spiro atoms. The van der Waals surface area contributed by atoms with E-state index >= 15 is 0 Å².